The van der Waals surface area contributed by atoms with Crippen LogP contribution >= 0.6 is 0 Å². The van der Waals surface area contributed by atoms with Crippen molar-refractivity contribution in [3.05, 3.63) is 11.6 Å². The molecule has 0 aromatic carbocycles. The van der Waals surface area contributed by atoms with Gasteiger partial charge < -0.3 is 104 Å². The summed E-state index contributed by atoms with van der Waals surface area (Å²) in [6.45, 7) is 12.9. The van der Waals surface area contributed by atoms with Crippen LogP contribution in [0.3, 0.4) is 0 Å². The number of fused-ring (bicyclic) bond motifs is 5. The van der Waals surface area contributed by atoms with Crippen molar-refractivity contribution in [2.45, 2.75) is 229 Å². The first-order chi connectivity index (χ1) is 34.3. The molecule has 4 saturated heterocycles. The summed E-state index contributed by atoms with van der Waals surface area (Å²) in [5.74, 6) is -0.489. The predicted molar refractivity (Wildman–Crippen MR) is 253 cm³/mol. The van der Waals surface area contributed by atoms with Gasteiger partial charge in [-0.3, -0.25) is 0 Å². The van der Waals surface area contributed by atoms with E-state index >= 15 is 0 Å². The fraction of sp³-hybridized carbons (Fsp3) is 0.942. The summed E-state index contributed by atoms with van der Waals surface area (Å²) in [6.07, 6.45) is -18.4. The smallest absolute Gasteiger partial charge is 0.187 e. The van der Waals surface area contributed by atoms with Crippen LogP contribution in [0.15, 0.2) is 11.6 Å². The lowest BCUT2D eigenvalue weighted by molar-refractivity contribution is -0.383. The topological polar surface area (TPSA) is 334 Å². The number of carbonyl (C=O) groups is 1. The van der Waals surface area contributed by atoms with Crippen LogP contribution in [0, 0.1) is 51.8 Å². The molecule has 0 spiro atoms. The summed E-state index contributed by atoms with van der Waals surface area (Å²) in [5.41, 5.74) is -1.35. The highest BCUT2D eigenvalue weighted by Gasteiger charge is 2.69. The van der Waals surface area contributed by atoms with Crippen molar-refractivity contribution in [3.63, 3.8) is 0 Å². The van der Waals surface area contributed by atoms with Gasteiger partial charge >= 0.3 is 0 Å². The lowest BCUT2D eigenvalue weighted by Crippen LogP contribution is -2.65. The Morgan fingerprint density at radius 3 is 1.95 bits per heavy atom. The number of aldehydes is 1. The van der Waals surface area contributed by atoms with Gasteiger partial charge in [-0.15, -0.1) is 0 Å². The van der Waals surface area contributed by atoms with E-state index in [2.05, 4.69) is 33.8 Å². The van der Waals surface area contributed by atoms with E-state index in [4.69, 9.17) is 37.9 Å². The molecule has 8 fully saturated rings. The van der Waals surface area contributed by atoms with Crippen LogP contribution in [-0.4, -0.2) is 216 Å². The van der Waals surface area contributed by atoms with Crippen LogP contribution in [-0.2, 0) is 42.7 Å². The summed E-state index contributed by atoms with van der Waals surface area (Å²) in [4.78, 5) is 13.6. The van der Waals surface area contributed by atoms with Crippen molar-refractivity contribution < 1.29 is 104 Å². The summed E-state index contributed by atoms with van der Waals surface area (Å²) >= 11 is 0. The summed E-state index contributed by atoms with van der Waals surface area (Å²) in [5, 5.41) is 130. The van der Waals surface area contributed by atoms with Crippen LogP contribution in [0.5, 0.6) is 0 Å². The highest BCUT2D eigenvalue weighted by molar-refractivity contribution is 5.55. The summed E-state index contributed by atoms with van der Waals surface area (Å²) < 4.78 is 48.7. The molecule has 0 bridgehead atoms. The molecule has 0 radical (unpaired) electrons. The number of aliphatic hydroxyl groups excluding tert-OH is 11. The van der Waals surface area contributed by atoms with Gasteiger partial charge in [0.25, 0.3) is 0 Å². The number of hydrogen-bond acceptors (Lipinski definition) is 21. The molecule has 21 nitrogen and oxygen atoms in total. The van der Waals surface area contributed by atoms with Gasteiger partial charge in [0.05, 0.1) is 44.2 Å². The van der Waals surface area contributed by atoms with E-state index in [-0.39, 0.29) is 53.6 Å². The van der Waals surface area contributed by atoms with Gasteiger partial charge in [0.1, 0.15) is 85.6 Å². The van der Waals surface area contributed by atoms with Crippen molar-refractivity contribution in [2.24, 2.45) is 51.8 Å². The summed E-state index contributed by atoms with van der Waals surface area (Å²) in [7, 11) is 0. The quantitative estimate of drug-likeness (QED) is 0.0539. The van der Waals surface area contributed by atoms with E-state index in [1.165, 1.54) is 6.92 Å². The second-order valence-corrected chi connectivity index (χ2v) is 24.3. The first-order valence-electron chi connectivity index (χ1n) is 26.7. The van der Waals surface area contributed by atoms with E-state index in [1.807, 2.05) is 13.8 Å². The predicted octanol–water partition coefficient (Wildman–Crippen LogP) is -0.860. The van der Waals surface area contributed by atoms with Gasteiger partial charge in [0, 0.05) is 5.92 Å². The maximum Gasteiger partial charge on any atom is 0.187 e. The first kappa shape index (κ1) is 57.8. The molecule has 21 heteroatoms. The minimum atomic E-state index is -1.77. The van der Waals surface area contributed by atoms with Crippen molar-refractivity contribution in [3.8, 4) is 0 Å². The molecule has 8 aliphatic rings. The third kappa shape index (κ3) is 10.5. The van der Waals surface area contributed by atoms with E-state index in [1.54, 1.807) is 0 Å². The molecule has 4 saturated carbocycles. The average Bonchev–Trinajstić information content (AvgIpc) is 3.72. The van der Waals surface area contributed by atoms with Crippen LogP contribution in [0.1, 0.15) is 106 Å². The Labute approximate surface area is 427 Å². The van der Waals surface area contributed by atoms with Gasteiger partial charge in [-0.1, -0.05) is 39.3 Å². The maximum absolute atomic E-state index is 13.6. The third-order valence-corrected chi connectivity index (χ3v) is 19.7. The maximum atomic E-state index is 13.6. The molecule has 0 amide bonds. The minimum Gasteiger partial charge on any atom is -0.394 e. The molecule has 4 heterocycles. The molecule has 4 aliphatic carbocycles. The SMILES string of the molecule is CC(C)=CCC[C@@](O)(COC1O[C@@H](CO)[C@H](O)[C@@H](O)[C@@H]1O)[C@H]1CC[C@]2(C)[C@@H]1CC[C@@H]1C3[C@H](C=O)C[C@H](O[C@@H]4OCC(O)[C@@H](O[C@@H]5OC[C@@H](O)[C@H](O)[C@H]5O)[C@H]4O[C@@H]4O[C@@H](C)[C@H](O)[C@@H](O)[C@@H]4O)C(C)(C)[C@@H]3CC[C@]12C. The largest absolute Gasteiger partial charge is 0.394 e. The van der Waals surface area contributed by atoms with Crippen molar-refractivity contribution >= 4 is 6.29 Å². The highest BCUT2D eigenvalue weighted by Crippen LogP contribution is 2.73. The normalized spacial score (nSPS) is 51.7. The second kappa shape index (κ2) is 22.4. The van der Waals surface area contributed by atoms with Crippen molar-refractivity contribution in [1.29, 1.82) is 0 Å². The first-order valence-corrected chi connectivity index (χ1v) is 26.7. The van der Waals surface area contributed by atoms with Crippen LogP contribution in [0.4, 0.5) is 0 Å². The second-order valence-electron chi connectivity index (χ2n) is 24.3. The minimum absolute atomic E-state index is 0.00917. The molecule has 73 heavy (non-hydrogen) atoms. The Bertz CT molecular complexity index is 1890. The van der Waals surface area contributed by atoms with Crippen LogP contribution in [0.25, 0.3) is 0 Å². The zero-order valence-electron chi connectivity index (χ0n) is 43.3. The van der Waals surface area contributed by atoms with Crippen LogP contribution in [0.2, 0.25) is 0 Å². The Balaban J connectivity index is 1.03. The fourth-order valence-corrected chi connectivity index (χ4v) is 15.2. The van der Waals surface area contributed by atoms with E-state index < -0.39 is 147 Å². The van der Waals surface area contributed by atoms with Crippen molar-refractivity contribution in [1.82, 2.24) is 0 Å². The molecule has 420 valence electrons. The Kier molecular flexibility index (Phi) is 17.7. The van der Waals surface area contributed by atoms with Gasteiger partial charge in [-0.05, 0) is 124 Å². The molecule has 3 unspecified atom stereocenters. The molecular formula is C52H86O21. The van der Waals surface area contributed by atoms with Gasteiger partial charge in [-0.25, -0.2) is 0 Å². The van der Waals surface area contributed by atoms with Gasteiger partial charge in [0.15, 0.2) is 25.2 Å². The van der Waals surface area contributed by atoms with Gasteiger partial charge in [0.2, 0.25) is 0 Å². The van der Waals surface area contributed by atoms with Crippen LogP contribution < -0.4 is 0 Å². The molecule has 8 rings (SSSR count). The number of ether oxygens (including phenoxy) is 8. The van der Waals surface area contributed by atoms with E-state index in [0.717, 1.165) is 44.0 Å². The lowest BCUT2D eigenvalue weighted by atomic mass is 9.38. The molecule has 4 aliphatic heterocycles. The monoisotopic (exact) mass is 1050 g/mol. The molecular weight excluding hydrogens is 961 g/mol. The Morgan fingerprint density at radius 2 is 1.26 bits per heavy atom. The zero-order valence-corrected chi connectivity index (χ0v) is 43.3. The van der Waals surface area contributed by atoms with E-state index in [9.17, 15) is 66.1 Å². The zero-order chi connectivity index (χ0) is 53.3. The summed E-state index contributed by atoms with van der Waals surface area (Å²) in [6, 6.07) is 0. The third-order valence-electron chi connectivity index (χ3n) is 19.7. The number of rotatable bonds is 15. The molecule has 0 aromatic heterocycles. The lowest BCUT2D eigenvalue weighted by Gasteiger charge is -2.67. The van der Waals surface area contributed by atoms with Crippen molar-refractivity contribution in [2.75, 3.05) is 26.4 Å². The standard InChI is InChI=1S/C52H86O21/c1-23(2)9-8-14-52(65,22-68-46-41(63)39(61)37(59)32(19-54)70-46)27-12-15-50(6)26(27)10-11-29-34-25(18-53)17-33(49(4,5)28(34)13-16-51(29,50)7)71-48-44(73-47-42(64)38(60)35(57)24(3)69-47)43(31(56)21-67-48)72-45-40(62)36(58)30(55)20-66-45/h9,18,24-48,54-65H,8,10-17,19-22H2,1-7H3/t24-,25-,26+,27-,28+,29+,30+,31?,32-,33-,34?,35-,36-,37-,38+,39+,40+,41-,42-,43+,44+,45-,46?,47-,48-,50+,51+,52+/m0/s1. The molecule has 12 N–H and O–H groups in total. The van der Waals surface area contributed by atoms with E-state index in [0.29, 0.717) is 25.7 Å². The number of aliphatic hydroxyl groups is 12. The number of allylic oxidation sites excluding steroid dienone is 2. The molecule has 0 aromatic rings. The Morgan fingerprint density at radius 1 is 0.658 bits per heavy atom. The fourth-order valence-electron chi connectivity index (χ4n) is 15.2. The highest BCUT2D eigenvalue weighted by atomic mass is 16.8. The Hall–Kier alpha value is -1.39. The number of hydrogen-bond donors (Lipinski definition) is 12. The molecule has 28 atom stereocenters. The number of carbonyl (C=O) groups excluding carboxylic acids is 1. The van der Waals surface area contributed by atoms with Gasteiger partial charge in [-0.2, -0.15) is 0 Å². The average molecular weight is 1050 g/mol.